The van der Waals surface area contributed by atoms with Gasteiger partial charge in [0, 0.05) is 17.8 Å². The molecule has 3 heteroatoms. The van der Waals surface area contributed by atoms with Gasteiger partial charge in [-0.05, 0) is 18.6 Å². The summed E-state index contributed by atoms with van der Waals surface area (Å²) in [7, 11) is 0. The van der Waals surface area contributed by atoms with Crippen molar-refractivity contribution in [2.45, 2.75) is 38.5 Å². The molecule has 1 N–H and O–H groups in total. The third kappa shape index (κ3) is 4.11. The van der Waals surface area contributed by atoms with Crippen molar-refractivity contribution in [3.8, 4) is 0 Å². The summed E-state index contributed by atoms with van der Waals surface area (Å²) in [4.78, 5) is 4.27. The molecule has 1 unspecified atom stereocenters. The van der Waals surface area contributed by atoms with Gasteiger partial charge >= 0.3 is 0 Å². The third-order valence-electron chi connectivity index (χ3n) is 2.43. The smallest absolute Gasteiger partial charge is 0.0526 e. The quantitative estimate of drug-likeness (QED) is 0.336. The zero-order valence-electron chi connectivity index (χ0n) is 9.13. The van der Waals surface area contributed by atoms with E-state index in [1.54, 1.807) is 12.4 Å². The average Bonchev–Trinajstić information content (AvgIpc) is 2.29. The average molecular weight is 206 g/mol. The monoisotopic (exact) mass is 206 g/mol. The summed E-state index contributed by atoms with van der Waals surface area (Å²) in [5.74, 6) is 0.141. The van der Waals surface area contributed by atoms with Crippen molar-refractivity contribution in [1.82, 2.24) is 4.98 Å². The number of aromatic nitrogens is 1. The van der Waals surface area contributed by atoms with Crippen LogP contribution in [0.25, 0.3) is 0 Å². The van der Waals surface area contributed by atoms with Crippen molar-refractivity contribution in [2.24, 2.45) is 5.16 Å². The van der Waals surface area contributed by atoms with Crippen molar-refractivity contribution in [2.75, 3.05) is 0 Å². The Bertz CT molecular complexity index is 285. The van der Waals surface area contributed by atoms with Gasteiger partial charge in [-0.2, -0.15) is 0 Å². The molecule has 1 atom stereocenters. The predicted octanol–water partition coefficient (Wildman–Crippen LogP) is 3.21. The Balaban J connectivity index is 2.58. The zero-order chi connectivity index (χ0) is 10.9. The van der Waals surface area contributed by atoms with Gasteiger partial charge in [0.2, 0.25) is 0 Å². The minimum absolute atomic E-state index is 0.141. The zero-order valence-corrected chi connectivity index (χ0v) is 9.13. The van der Waals surface area contributed by atoms with Crippen molar-refractivity contribution in [1.29, 1.82) is 0 Å². The van der Waals surface area contributed by atoms with Gasteiger partial charge in [0.05, 0.1) is 6.21 Å². The molecule has 0 saturated heterocycles. The molecule has 15 heavy (non-hydrogen) atoms. The van der Waals surface area contributed by atoms with Crippen molar-refractivity contribution in [3.05, 3.63) is 30.1 Å². The van der Waals surface area contributed by atoms with Crippen molar-refractivity contribution >= 4 is 6.21 Å². The molecule has 0 amide bonds. The molecule has 1 aromatic heterocycles. The summed E-state index contributed by atoms with van der Waals surface area (Å²) >= 11 is 0. The lowest BCUT2D eigenvalue weighted by Gasteiger charge is -2.09. The van der Waals surface area contributed by atoms with E-state index in [9.17, 15) is 0 Å². The lowest BCUT2D eigenvalue weighted by atomic mass is 9.98. The summed E-state index contributed by atoms with van der Waals surface area (Å²) in [6.45, 7) is 2.18. The Morgan fingerprint density at radius 1 is 1.47 bits per heavy atom. The lowest BCUT2D eigenvalue weighted by molar-refractivity contribution is 0.319. The second kappa shape index (κ2) is 6.98. The lowest BCUT2D eigenvalue weighted by Crippen LogP contribution is -2.02. The first-order valence-corrected chi connectivity index (χ1v) is 5.47. The SMILES string of the molecule is CCCCCC(C=NO)c1ccccn1. The molecule has 1 heterocycles. The van der Waals surface area contributed by atoms with E-state index in [0.29, 0.717) is 0 Å². The van der Waals surface area contributed by atoms with Crippen LogP contribution >= 0.6 is 0 Å². The molecule has 0 radical (unpaired) electrons. The van der Waals surface area contributed by atoms with E-state index in [4.69, 9.17) is 5.21 Å². The first-order chi connectivity index (χ1) is 7.38. The predicted molar refractivity (Wildman–Crippen MR) is 61.4 cm³/mol. The Morgan fingerprint density at radius 2 is 2.33 bits per heavy atom. The summed E-state index contributed by atoms with van der Waals surface area (Å²) in [5.41, 5.74) is 0.978. The molecule has 0 bridgehead atoms. The first kappa shape index (κ1) is 11.7. The molecular weight excluding hydrogens is 188 g/mol. The molecule has 1 rings (SSSR count). The van der Waals surface area contributed by atoms with Gasteiger partial charge in [-0.3, -0.25) is 4.98 Å². The molecule has 0 aliphatic heterocycles. The van der Waals surface area contributed by atoms with Crippen LogP contribution < -0.4 is 0 Å². The summed E-state index contributed by atoms with van der Waals surface area (Å²) in [6.07, 6.45) is 7.89. The molecule has 1 aromatic rings. The fraction of sp³-hybridized carbons (Fsp3) is 0.500. The highest BCUT2D eigenvalue weighted by atomic mass is 16.4. The Hall–Kier alpha value is -1.38. The topological polar surface area (TPSA) is 45.5 Å². The van der Waals surface area contributed by atoms with Gasteiger partial charge in [-0.25, -0.2) is 0 Å². The van der Waals surface area contributed by atoms with Gasteiger partial charge in [-0.1, -0.05) is 32.3 Å². The van der Waals surface area contributed by atoms with E-state index in [2.05, 4.69) is 17.1 Å². The molecule has 0 spiro atoms. The second-order valence-electron chi connectivity index (χ2n) is 3.62. The highest BCUT2D eigenvalue weighted by Gasteiger charge is 2.09. The van der Waals surface area contributed by atoms with E-state index < -0.39 is 0 Å². The minimum Gasteiger partial charge on any atom is -0.411 e. The molecule has 0 saturated carbocycles. The van der Waals surface area contributed by atoms with Crippen LogP contribution in [0, 0.1) is 0 Å². The number of pyridine rings is 1. The summed E-state index contributed by atoms with van der Waals surface area (Å²) < 4.78 is 0. The Labute approximate surface area is 90.8 Å². The van der Waals surface area contributed by atoms with Crippen LogP contribution in [-0.2, 0) is 0 Å². The normalized spacial score (nSPS) is 13.1. The number of hydrogen-bond acceptors (Lipinski definition) is 3. The minimum atomic E-state index is 0.141. The van der Waals surface area contributed by atoms with Gasteiger partial charge in [-0.15, -0.1) is 5.16 Å². The van der Waals surface area contributed by atoms with E-state index in [1.165, 1.54) is 12.8 Å². The van der Waals surface area contributed by atoms with Crippen LogP contribution in [0.4, 0.5) is 0 Å². The van der Waals surface area contributed by atoms with Gasteiger partial charge in [0.15, 0.2) is 0 Å². The van der Waals surface area contributed by atoms with Gasteiger partial charge in [0.1, 0.15) is 0 Å². The third-order valence-corrected chi connectivity index (χ3v) is 2.43. The first-order valence-electron chi connectivity index (χ1n) is 5.47. The van der Waals surface area contributed by atoms with Crippen LogP contribution in [-0.4, -0.2) is 16.4 Å². The Morgan fingerprint density at radius 3 is 2.93 bits per heavy atom. The van der Waals surface area contributed by atoms with E-state index in [0.717, 1.165) is 18.5 Å². The maximum absolute atomic E-state index is 8.60. The standard InChI is InChI=1S/C12H18N2O/c1-2-3-4-7-11(10-14-15)12-8-5-6-9-13-12/h5-6,8-11,15H,2-4,7H2,1H3. The largest absolute Gasteiger partial charge is 0.411 e. The van der Waals surface area contributed by atoms with Crippen LogP contribution in [0.5, 0.6) is 0 Å². The van der Waals surface area contributed by atoms with Crippen LogP contribution in [0.1, 0.15) is 44.2 Å². The van der Waals surface area contributed by atoms with E-state index in [-0.39, 0.29) is 5.92 Å². The van der Waals surface area contributed by atoms with Crippen LogP contribution in [0.2, 0.25) is 0 Å². The second-order valence-corrected chi connectivity index (χ2v) is 3.62. The van der Waals surface area contributed by atoms with Crippen LogP contribution in [0.3, 0.4) is 0 Å². The molecule has 0 aromatic carbocycles. The number of nitrogens with zero attached hydrogens (tertiary/aromatic N) is 2. The molecule has 82 valence electrons. The van der Waals surface area contributed by atoms with Gasteiger partial charge in [0.25, 0.3) is 0 Å². The maximum atomic E-state index is 8.60. The molecule has 0 fully saturated rings. The number of oxime groups is 1. The number of rotatable bonds is 6. The molecule has 0 aliphatic carbocycles. The maximum Gasteiger partial charge on any atom is 0.0526 e. The molecule has 3 nitrogen and oxygen atoms in total. The van der Waals surface area contributed by atoms with Crippen LogP contribution in [0.15, 0.2) is 29.6 Å². The fourth-order valence-corrected chi connectivity index (χ4v) is 1.59. The Kier molecular flexibility index (Phi) is 5.44. The van der Waals surface area contributed by atoms with Crippen molar-refractivity contribution < 1.29 is 5.21 Å². The highest BCUT2D eigenvalue weighted by Crippen LogP contribution is 2.18. The molecular formula is C12H18N2O. The number of hydrogen-bond donors (Lipinski definition) is 1. The fourth-order valence-electron chi connectivity index (χ4n) is 1.59. The molecule has 0 aliphatic rings. The van der Waals surface area contributed by atoms with Crippen molar-refractivity contribution in [3.63, 3.8) is 0 Å². The highest BCUT2D eigenvalue weighted by molar-refractivity contribution is 5.66. The van der Waals surface area contributed by atoms with E-state index in [1.807, 2.05) is 18.2 Å². The summed E-state index contributed by atoms with van der Waals surface area (Å²) in [5, 5.41) is 11.7. The summed E-state index contributed by atoms with van der Waals surface area (Å²) in [6, 6.07) is 5.82. The van der Waals surface area contributed by atoms with E-state index >= 15 is 0 Å². The number of unbranched alkanes of at least 4 members (excludes halogenated alkanes) is 2. The van der Waals surface area contributed by atoms with Gasteiger partial charge < -0.3 is 5.21 Å².